The Hall–Kier alpha value is -1.46. The second-order valence-corrected chi connectivity index (χ2v) is 5.24. The van der Waals surface area contributed by atoms with E-state index in [4.69, 9.17) is 11.6 Å². The fraction of sp³-hybridized carbons (Fsp3) is 0.467. The van der Waals surface area contributed by atoms with Crippen molar-refractivity contribution in [2.75, 3.05) is 6.54 Å². The molecule has 0 aliphatic heterocycles. The van der Waals surface area contributed by atoms with Crippen LogP contribution in [0.15, 0.2) is 18.2 Å². The van der Waals surface area contributed by atoms with Gasteiger partial charge in [-0.25, -0.2) is 9.07 Å². The Morgan fingerprint density at radius 1 is 1.33 bits per heavy atom. The predicted molar refractivity (Wildman–Crippen MR) is 82.4 cm³/mol. The van der Waals surface area contributed by atoms with E-state index >= 15 is 0 Å². The van der Waals surface area contributed by atoms with Crippen LogP contribution in [0.25, 0.3) is 5.69 Å². The fourth-order valence-corrected chi connectivity index (χ4v) is 2.60. The summed E-state index contributed by atoms with van der Waals surface area (Å²) in [5.74, 6) is -0.359. The summed E-state index contributed by atoms with van der Waals surface area (Å²) in [5.41, 5.74) is 2.12. The fourth-order valence-electron chi connectivity index (χ4n) is 2.44. The van der Waals surface area contributed by atoms with Gasteiger partial charge in [-0.2, -0.15) is 0 Å². The Bertz CT molecular complexity index is 612. The number of benzene rings is 1. The number of hydrogen-bond donors (Lipinski definition) is 1. The van der Waals surface area contributed by atoms with E-state index in [1.165, 1.54) is 12.1 Å². The third-order valence-corrected chi connectivity index (χ3v) is 3.69. The van der Waals surface area contributed by atoms with Crippen molar-refractivity contribution in [3.8, 4) is 5.69 Å². The highest BCUT2D eigenvalue weighted by atomic mass is 35.5. The van der Waals surface area contributed by atoms with Crippen LogP contribution in [0.4, 0.5) is 4.39 Å². The quantitative estimate of drug-likeness (QED) is 0.885. The summed E-state index contributed by atoms with van der Waals surface area (Å²) in [6.07, 6.45) is 1.62. The van der Waals surface area contributed by atoms with E-state index in [2.05, 4.69) is 29.5 Å². The van der Waals surface area contributed by atoms with Crippen LogP contribution in [-0.4, -0.2) is 21.5 Å². The third-order valence-electron chi connectivity index (χ3n) is 3.45. The minimum atomic E-state index is -0.359. The van der Waals surface area contributed by atoms with Gasteiger partial charge in [-0.05, 0) is 37.6 Å². The zero-order valence-electron chi connectivity index (χ0n) is 12.5. The van der Waals surface area contributed by atoms with E-state index < -0.39 is 0 Å². The highest BCUT2D eigenvalue weighted by Crippen LogP contribution is 2.24. The lowest BCUT2D eigenvalue weighted by Gasteiger charge is -2.15. The Kier molecular flexibility index (Phi) is 5.31. The number of hydrogen-bond acceptors (Lipinski definition) is 3. The summed E-state index contributed by atoms with van der Waals surface area (Å²) in [4.78, 5) is 0. The maximum atomic E-state index is 14.0. The van der Waals surface area contributed by atoms with Gasteiger partial charge in [0.1, 0.15) is 17.2 Å². The maximum absolute atomic E-state index is 14.0. The molecule has 0 radical (unpaired) electrons. The molecule has 4 nitrogen and oxygen atoms in total. The molecule has 1 aromatic carbocycles. The largest absolute Gasteiger partial charge is 0.309 e. The number of rotatable bonds is 6. The second-order valence-electron chi connectivity index (χ2n) is 4.80. The molecule has 1 N–H and O–H groups in total. The van der Waals surface area contributed by atoms with Gasteiger partial charge in [0.15, 0.2) is 0 Å². The van der Waals surface area contributed by atoms with Gasteiger partial charge in [0.05, 0.1) is 11.7 Å². The molecule has 0 fully saturated rings. The number of halogens is 2. The van der Waals surface area contributed by atoms with Crippen molar-refractivity contribution in [2.45, 2.75) is 39.7 Å². The van der Waals surface area contributed by atoms with Gasteiger partial charge in [-0.15, -0.1) is 5.10 Å². The second kappa shape index (κ2) is 7.00. The lowest BCUT2D eigenvalue weighted by Crippen LogP contribution is -2.22. The maximum Gasteiger partial charge on any atom is 0.149 e. The van der Waals surface area contributed by atoms with Crippen LogP contribution in [0.1, 0.15) is 44.6 Å². The summed E-state index contributed by atoms with van der Waals surface area (Å²) in [5, 5.41) is 12.3. The Labute approximate surface area is 129 Å². The molecule has 1 aromatic heterocycles. The van der Waals surface area contributed by atoms with E-state index in [-0.39, 0.29) is 11.9 Å². The minimum absolute atomic E-state index is 0.126. The summed E-state index contributed by atoms with van der Waals surface area (Å²) < 4.78 is 15.6. The summed E-state index contributed by atoms with van der Waals surface area (Å²) >= 11 is 5.97. The van der Waals surface area contributed by atoms with Gasteiger partial charge in [-0.3, -0.25) is 0 Å². The molecule has 6 heteroatoms. The van der Waals surface area contributed by atoms with Gasteiger partial charge in [-0.1, -0.05) is 37.6 Å². The molecule has 2 rings (SSSR count). The van der Waals surface area contributed by atoms with Crippen molar-refractivity contribution in [3.63, 3.8) is 0 Å². The van der Waals surface area contributed by atoms with Gasteiger partial charge < -0.3 is 5.32 Å². The highest BCUT2D eigenvalue weighted by molar-refractivity contribution is 6.30. The number of aromatic nitrogens is 3. The monoisotopic (exact) mass is 310 g/mol. The van der Waals surface area contributed by atoms with E-state index in [1.54, 1.807) is 10.7 Å². The first-order valence-corrected chi connectivity index (χ1v) is 7.63. The molecule has 0 amide bonds. The first-order chi connectivity index (χ1) is 10.1. The third kappa shape index (κ3) is 3.24. The molecular formula is C15H20ClFN4. The Balaban J connectivity index is 2.51. The van der Waals surface area contributed by atoms with Gasteiger partial charge in [0.25, 0.3) is 0 Å². The van der Waals surface area contributed by atoms with E-state index in [0.29, 0.717) is 10.7 Å². The highest BCUT2D eigenvalue weighted by Gasteiger charge is 2.21. The van der Waals surface area contributed by atoms with E-state index in [1.807, 2.05) is 6.92 Å². The summed E-state index contributed by atoms with van der Waals surface area (Å²) in [6, 6.07) is 4.57. The topological polar surface area (TPSA) is 42.7 Å². The molecule has 1 heterocycles. The molecule has 1 atom stereocenters. The van der Waals surface area contributed by atoms with Crippen LogP contribution in [0.3, 0.4) is 0 Å². The zero-order chi connectivity index (χ0) is 15.4. The van der Waals surface area contributed by atoms with Gasteiger partial charge >= 0.3 is 0 Å². The lowest BCUT2D eigenvalue weighted by molar-refractivity contribution is 0.520. The van der Waals surface area contributed by atoms with Crippen LogP contribution in [0.2, 0.25) is 5.02 Å². The van der Waals surface area contributed by atoms with Crippen molar-refractivity contribution in [3.05, 3.63) is 40.4 Å². The average Bonchev–Trinajstić information content (AvgIpc) is 2.90. The van der Waals surface area contributed by atoms with Crippen molar-refractivity contribution in [1.29, 1.82) is 0 Å². The normalized spacial score (nSPS) is 12.6. The van der Waals surface area contributed by atoms with Crippen LogP contribution in [0, 0.1) is 5.82 Å². The number of nitrogens with one attached hydrogen (secondary N) is 1. The molecule has 21 heavy (non-hydrogen) atoms. The predicted octanol–water partition coefficient (Wildman–Crippen LogP) is 3.68. The molecule has 0 saturated heterocycles. The van der Waals surface area contributed by atoms with Crippen LogP contribution in [0.5, 0.6) is 0 Å². The molecule has 0 saturated carbocycles. The molecule has 114 valence electrons. The van der Waals surface area contributed by atoms with E-state index in [0.717, 1.165) is 30.8 Å². The van der Waals surface area contributed by atoms with Crippen LogP contribution >= 0.6 is 11.6 Å². The van der Waals surface area contributed by atoms with Gasteiger partial charge in [0.2, 0.25) is 0 Å². The zero-order valence-corrected chi connectivity index (χ0v) is 13.3. The Morgan fingerprint density at radius 2 is 2.10 bits per heavy atom. The van der Waals surface area contributed by atoms with E-state index in [9.17, 15) is 4.39 Å². The number of nitrogens with zero attached hydrogens (tertiary/aromatic N) is 3. The first-order valence-electron chi connectivity index (χ1n) is 7.25. The first kappa shape index (κ1) is 15.9. The lowest BCUT2D eigenvalue weighted by atomic mass is 10.1. The van der Waals surface area contributed by atoms with Crippen LogP contribution in [-0.2, 0) is 6.42 Å². The molecule has 0 spiro atoms. The molecular weight excluding hydrogens is 291 g/mol. The average molecular weight is 311 g/mol. The smallest absolute Gasteiger partial charge is 0.149 e. The van der Waals surface area contributed by atoms with Crippen molar-refractivity contribution in [1.82, 2.24) is 20.3 Å². The van der Waals surface area contributed by atoms with Crippen molar-refractivity contribution < 1.29 is 4.39 Å². The molecule has 1 unspecified atom stereocenters. The molecule has 0 bridgehead atoms. The SMILES string of the molecule is CCNC(CC)c1nnn(-c2cc(Cl)ccc2F)c1CC. The summed E-state index contributed by atoms with van der Waals surface area (Å²) in [6.45, 7) is 7.00. The Morgan fingerprint density at radius 3 is 2.71 bits per heavy atom. The van der Waals surface area contributed by atoms with Crippen molar-refractivity contribution >= 4 is 11.6 Å². The van der Waals surface area contributed by atoms with Crippen LogP contribution < -0.4 is 5.32 Å². The van der Waals surface area contributed by atoms with Crippen molar-refractivity contribution in [2.24, 2.45) is 0 Å². The summed E-state index contributed by atoms with van der Waals surface area (Å²) in [7, 11) is 0. The molecule has 0 aliphatic carbocycles. The molecule has 2 aromatic rings. The molecule has 0 aliphatic rings. The standard InChI is InChI=1S/C15H20ClFN4/c1-4-12(18-6-3)15-13(5-2)21(20-19-15)14-9-10(16)7-8-11(14)17/h7-9,12,18H,4-6H2,1-3H3. The minimum Gasteiger partial charge on any atom is -0.309 e. The van der Waals surface area contributed by atoms with Gasteiger partial charge in [0, 0.05) is 5.02 Å².